The Kier molecular flexibility index (Phi) is 3.88. The number of thioether (sulfide) groups is 1. The summed E-state index contributed by atoms with van der Waals surface area (Å²) in [6.07, 6.45) is -3.81. The maximum atomic E-state index is 12.6. The van der Waals surface area contributed by atoms with Gasteiger partial charge in [-0.1, -0.05) is 0 Å². The van der Waals surface area contributed by atoms with Gasteiger partial charge in [-0.2, -0.15) is 24.9 Å². The molecule has 1 fully saturated rings. The van der Waals surface area contributed by atoms with Gasteiger partial charge in [-0.25, -0.2) is 9.78 Å². The van der Waals surface area contributed by atoms with E-state index in [4.69, 9.17) is 5.11 Å². The van der Waals surface area contributed by atoms with Crippen molar-refractivity contribution in [3.8, 4) is 0 Å². The number of aromatic carboxylic acids is 1. The van der Waals surface area contributed by atoms with Crippen LogP contribution in [0.5, 0.6) is 0 Å². The average Bonchev–Trinajstić information content (AvgIpc) is 2.80. The third kappa shape index (κ3) is 3.31. The predicted octanol–water partition coefficient (Wildman–Crippen LogP) is 2.72. The standard InChI is InChI=1S/C11H11F3N2O2S/c12-11(13,14)8-2-1-7(10(17)18)9(16-8)15-6-3-4-19-5-6/h1-2,6H,3-5H2,(H,15,16)(H,17,18). The number of rotatable bonds is 3. The van der Waals surface area contributed by atoms with Crippen molar-refractivity contribution in [2.75, 3.05) is 16.8 Å². The van der Waals surface area contributed by atoms with Crippen molar-refractivity contribution in [3.63, 3.8) is 0 Å². The van der Waals surface area contributed by atoms with Crippen LogP contribution < -0.4 is 5.32 Å². The Morgan fingerprint density at radius 3 is 2.74 bits per heavy atom. The van der Waals surface area contributed by atoms with Crippen molar-refractivity contribution < 1.29 is 23.1 Å². The average molecular weight is 292 g/mol. The van der Waals surface area contributed by atoms with E-state index in [0.717, 1.165) is 24.0 Å². The molecule has 2 heterocycles. The number of carboxylic acids is 1. The van der Waals surface area contributed by atoms with Crippen molar-refractivity contribution in [3.05, 3.63) is 23.4 Å². The lowest BCUT2D eigenvalue weighted by molar-refractivity contribution is -0.141. The number of hydrogen-bond donors (Lipinski definition) is 2. The van der Waals surface area contributed by atoms with E-state index in [1.165, 1.54) is 0 Å². The van der Waals surface area contributed by atoms with Crippen LogP contribution in [0.4, 0.5) is 19.0 Å². The van der Waals surface area contributed by atoms with Crippen molar-refractivity contribution in [2.24, 2.45) is 0 Å². The molecule has 1 unspecified atom stereocenters. The molecule has 0 bridgehead atoms. The summed E-state index contributed by atoms with van der Waals surface area (Å²) in [4.78, 5) is 14.4. The molecule has 1 aromatic heterocycles. The molecule has 1 aromatic rings. The minimum atomic E-state index is -4.59. The summed E-state index contributed by atoms with van der Waals surface area (Å²) in [5.74, 6) is 0.125. The molecule has 1 atom stereocenters. The first-order valence-electron chi connectivity index (χ1n) is 5.54. The molecule has 2 rings (SSSR count). The Hall–Kier alpha value is -1.44. The number of aromatic nitrogens is 1. The fraction of sp³-hybridized carbons (Fsp3) is 0.455. The van der Waals surface area contributed by atoms with Gasteiger partial charge in [-0.15, -0.1) is 0 Å². The summed E-state index contributed by atoms with van der Waals surface area (Å²) in [6.45, 7) is 0. The predicted molar refractivity (Wildman–Crippen MR) is 65.6 cm³/mol. The van der Waals surface area contributed by atoms with Crippen LogP contribution in [0.1, 0.15) is 22.5 Å². The van der Waals surface area contributed by atoms with Crippen LogP contribution in [-0.2, 0) is 6.18 Å². The highest BCUT2D eigenvalue weighted by Gasteiger charge is 2.34. The third-order valence-corrected chi connectivity index (χ3v) is 3.85. The van der Waals surface area contributed by atoms with Crippen LogP contribution >= 0.6 is 11.8 Å². The minimum Gasteiger partial charge on any atom is -0.478 e. The fourth-order valence-electron chi connectivity index (χ4n) is 1.74. The molecular formula is C11H11F3N2O2S. The summed E-state index contributed by atoms with van der Waals surface area (Å²) in [6, 6.07) is 1.57. The number of anilines is 1. The zero-order valence-electron chi connectivity index (χ0n) is 9.70. The van der Waals surface area contributed by atoms with E-state index in [-0.39, 0.29) is 17.4 Å². The van der Waals surface area contributed by atoms with Gasteiger partial charge in [-0.05, 0) is 24.3 Å². The van der Waals surface area contributed by atoms with Crippen molar-refractivity contribution >= 4 is 23.5 Å². The van der Waals surface area contributed by atoms with E-state index in [9.17, 15) is 18.0 Å². The number of pyridine rings is 1. The second-order valence-corrected chi connectivity index (χ2v) is 5.25. The lowest BCUT2D eigenvalue weighted by Crippen LogP contribution is -2.22. The Morgan fingerprint density at radius 1 is 1.47 bits per heavy atom. The minimum absolute atomic E-state index is 0.0425. The maximum absolute atomic E-state index is 12.6. The van der Waals surface area contributed by atoms with Gasteiger partial charge in [0, 0.05) is 11.8 Å². The zero-order valence-corrected chi connectivity index (χ0v) is 10.5. The largest absolute Gasteiger partial charge is 0.478 e. The summed E-state index contributed by atoms with van der Waals surface area (Å²) < 4.78 is 37.7. The van der Waals surface area contributed by atoms with E-state index < -0.39 is 17.8 Å². The molecular weight excluding hydrogens is 281 g/mol. The number of halogens is 3. The van der Waals surface area contributed by atoms with Gasteiger partial charge in [0.1, 0.15) is 17.1 Å². The molecule has 0 saturated carbocycles. The topological polar surface area (TPSA) is 62.2 Å². The number of alkyl halides is 3. The summed E-state index contributed by atoms with van der Waals surface area (Å²) in [5, 5.41) is 11.8. The van der Waals surface area contributed by atoms with E-state index in [2.05, 4.69) is 10.3 Å². The number of nitrogens with one attached hydrogen (secondary N) is 1. The van der Waals surface area contributed by atoms with Crippen molar-refractivity contribution in [1.29, 1.82) is 0 Å². The second kappa shape index (κ2) is 5.28. The SMILES string of the molecule is O=C(O)c1ccc(C(F)(F)F)nc1NC1CCSC1. The van der Waals surface area contributed by atoms with Crippen LogP contribution in [0.3, 0.4) is 0 Å². The Labute approximate surface area is 111 Å². The first-order valence-corrected chi connectivity index (χ1v) is 6.69. The Balaban J connectivity index is 2.32. The van der Waals surface area contributed by atoms with Crippen LogP contribution in [0, 0.1) is 0 Å². The van der Waals surface area contributed by atoms with E-state index >= 15 is 0 Å². The van der Waals surface area contributed by atoms with Gasteiger partial charge in [-0.3, -0.25) is 0 Å². The highest BCUT2D eigenvalue weighted by molar-refractivity contribution is 7.99. The van der Waals surface area contributed by atoms with Gasteiger partial charge in [0.2, 0.25) is 0 Å². The molecule has 1 aliphatic heterocycles. The molecule has 0 radical (unpaired) electrons. The quantitative estimate of drug-likeness (QED) is 0.897. The first-order chi connectivity index (χ1) is 8.88. The van der Waals surface area contributed by atoms with E-state index in [0.29, 0.717) is 6.07 Å². The fourth-order valence-corrected chi connectivity index (χ4v) is 2.89. The van der Waals surface area contributed by atoms with E-state index in [1.807, 2.05) is 0 Å². The molecule has 0 aromatic carbocycles. The lowest BCUT2D eigenvalue weighted by atomic mass is 10.2. The van der Waals surface area contributed by atoms with Gasteiger partial charge in [0.25, 0.3) is 0 Å². The van der Waals surface area contributed by atoms with Crippen LogP contribution in [-0.4, -0.2) is 33.6 Å². The normalized spacial score (nSPS) is 19.4. The molecule has 8 heteroatoms. The zero-order chi connectivity index (χ0) is 14.0. The molecule has 0 amide bonds. The van der Waals surface area contributed by atoms with Crippen LogP contribution in [0.2, 0.25) is 0 Å². The molecule has 104 valence electrons. The lowest BCUT2D eigenvalue weighted by Gasteiger charge is -2.15. The summed E-state index contributed by atoms with van der Waals surface area (Å²) >= 11 is 1.67. The number of hydrogen-bond acceptors (Lipinski definition) is 4. The molecule has 2 N–H and O–H groups in total. The molecule has 19 heavy (non-hydrogen) atoms. The highest BCUT2D eigenvalue weighted by Crippen LogP contribution is 2.30. The molecule has 0 aliphatic carbocycles. The number of nitrogens with zero attached hydrogens (tertiary/aromatic N) is 1. The Bertz CT molecular complexity index is 487. The molecule has 0 spiro atoms. The van der Waals surface area contributed by atoms with E-state index in [1.54, 1.807) is 11.8 Å². The van der Waals surface area contributed by atoms with Crippen LogP contribution in [0.15, 0.2) is 12.1 Å². The molecule has 1 saturated heterocycles. The first kappa shape index (κ1) is 14.0. The van der Waals surface area contributed by atoms with Gasteiger partial charge in [0.05, 0.1) is 0 Å². The second-order valence-electron chi connectivity index (χ2n) is 4.10. The number of carboxylic acid groups (broad SMARTS) is 1. The summed E-state index contributed by atoms with van der Waals surface area (Å²) in [5.41, 5.74) is -1.34. The number of carbonyl (C=O) groups is 1. The van der Waals surface area contributed by atoms with Crippen molar-refractivity contribution in [1.82, 2.24) is 4.98 Å². The monoisotopic (exact) mass is 292 g/mol. The smallest absolute Gasteiger partial charge is 0.433 e. The highest BCUT2D eigenvalue weighted by atomic mass is 32.2. The van der Waals surface area contributed by atoms with Crippen molar-refractivity contribution in [2.45, 2.75) is 18.6 Å². The maximum Gasteiger partial charge on any atom is 0.433 e. The molecule has 1 aliphatic rings. The van der Waals surface area contributed by atoms with Gasteiger partial charge >= 0.3 is 12.1 Å². The Morgan fingerprint density at radius 2 is 2.21 bits per heavy atom. The van der Waals surface area contributed by atoms with Crippen LogP contribution in [0.25, 0.3) is 0 Å². The van der Waals surface area contributed by atoms with Gasteiger partial charge < -0.3 is 10.4 Å². The van der Waals surface area contributed by atoms with Gasteiger partial charge in [0.15, 0.2) is 0 Å². The molecule has 4 nitrogen and oxygen atoms in total. The third-order valence-electron chi connectivity index (χ3n) is 2.69. The summed E-state index contributed by atoms with van der Waals surface area (Å²) in [7, 11) is 0.